The maximum Gasteiger partial charge on any atom is 0.267 e. The summed E-state index contributed by atoms with van der Waals surface area (Å²) in [4.78, 5) is 14.5. The molecule has 1 aliphatic heterocycles. The minimum atomic E-state index is -0.491. The number of hydrogen-bond acceptors (Lipinski definition) is 6. The Bertz CT molecular complexity index is 682. The second-order valence-electron chi connectivity index (χ2n) is 5.73. The fourth-order valence-electron chi connectivity index (χ4n) is 2.49. The van der Waals surface area contributed by atoms with E-state index < -0.39 is 5.91 Å². The Kier molecular flexibility index (Phi) is 8.22. The number of nitriles is 1. The minimum Gasteiger partial charge on any atom is -0.495 e. The van der Waals surface area contributed by atoms with E-state index in [0.29, 0.717) is 23.0 Å². The molecule has 0 spiro atoms. The molecule has 1 heterocycles. The van der Waals surface area contributed by atoms with E-state index >= 15 is 0 Å². The molecule has 8 heteroatoms. The number of ether oxygens (including phenoxy) is 2. The lowest BCUT2D eigenvalue weighted by Gasteiger charge is -2.26. The van der Waals surface area contributed by atoms with Gasteiger partial charge in [0.05, 0.1) is 25.3 Å². The first-order valence-corrected chi connectivity index (χ1v) is 8.80. The molecule has 1 aromatic carbocycles. The summed E-state index contributed by atoms with van der Waals surface area (Å²) in [7, 11) is 1.51. The number of halogens is 1. The molecule has 0 aromatic heterocycles. The van der Waals surface area contributed by atoms with Crippen molar-refractivity contribution in [3.63, 3.8) is 0 Å². The summed E-state index contributed by atoms with van der Waals surface area (Å²) in [5.41, 5.74) is 0.498. The van der Waals surface area contributed by atoms with E-state index in [2.05, 4.69) is 15.5 Å². The molecule has 26 heavy (non-hydrogen) atoms. The molecule has 0 atom stereocenters. The summed E-state index contributed by atoms with van der Waals surface area (Å²) >= 11 is 6.03. The van der Waals surface area contributed by atoms with Crippen LogP contribution in [0.1, 0.15) is 6.42 Å². The first-order valence-electron chi connectivity index (χ1n) is 8.42. The number of amides is 1. The molecule has 0 saturated carbocycles. The Balaban J connectivity index is 1.78. The van der Waals surface area contributed by atoms with Crippen molar-refractivity contribution in [2.24, 2.45) is 0 Å². The van der Waals surface area contributed by atoms with E-state index in [9.17, 15) is 10.1 Å². The van der Waals surface area contributed by atoms with E-state index in [1.54, 1.807) is 18.2 Å². The van der Waals surface area contributed by atoms with Crippen molar-refractivity contribution in [2.45, 2.75) is 6.42 Å². The Morgan fingerprint density at radius 1 is 1.46 bits per heavy atom. The van der Waals surface area contributed by atoms with E-state index in [4.69, 9.17) is 21.1 Å². The van der Waals surface area contributed by atoms with E-state index in [0.717, 1.165) is 39.3 Å². The highest BCUT2D eigenvalue weighted by molar-refractivity contribution is 6.32. The largest absolute Gasteiger partial charge is 0.495 e. The van der Waals surface area contributed by atoms with Crippen molar-refractivity contribution in [3.8, 4) is 11.8 Å². The fraction of sp³-hybridized carbons (Fsp3) is 0.444. The Morgan fingerprint density at radius 3 is 2.88 bits per heavy atom. The SMILES string of the molecule is COc1ccc(NC(=O)/C(C#N)=C\NCCCN2CCOCC2)cc1Cl. The zero-order valence-corrected chi connectivity index (χ0v) is 15.5. The topological polar surface area (TPSA) is 86.6 Å². The van der Waals surface area contributed by atoms with Crippen LogP contribution in [-0.2, 0) is 9.53 Å². The van der Waals surface area contributed by atoms with Crippen LogP contribution in [0.2, 0.25) is 5.02 Å². The average molecular weight is 379 g/mol. The summed E-state index contributed by atoms with van der Waals surface area (Å²) in [6.07, 6.45) is 2.37. The number of nitrogens with one attached hydrogen (secondary N) is 2. The van der Waals surface area contributed by atoms with Gasteiger partial charge in [-0.2, -0.15) is 5.26 Å². The summed E-state index contributed by atoms with van der Waals surface area (Å²) in [5.74, 6) is 0.0251. The molecule has 1 aliphatic rings. The molecule has 1 aromatic rings. The second kappa shape index (κ2) is 10.7. The van der Waals surface area contributed by atoms with Gasteiger partial charge in [0, 0.05) is 31.5 Å². The first kappa shape index (κ1) is 20.0. The van der Waals surface area contributed by atoms with Crippen LogP contribution >= 0.6 is 11.6 Å². The van der Waals surface area contributed by atoms with Gasteiger partial charge < -0.3 is 20.1 Å². The number of nitrogens with zero attached hydrogens (tertiary/aromatic N) is 2. The van der Waals surface area contributed by atoms with Crippen molar-refractivity contribution in [1.29, 1.82) is 5.26 Å². The van der Waals surface area contributed by atoms with Crippen LogP contribution < -0.4 is 15.4 Å². The van der Waals surface area contributed by atoms with Gasteiger partial charge in [0.15, 0.2) is 0 Å². The van der Waals surface area contributed by atoms with Gasteiger partial charge in [-0.1, -0.05) is 11.6 Å². The monoisotopic (exact) mass is 378 g/mol. The summed E-state index contributed by atoms with van der Waals surface area (Å²) < 4.78 is 10.4. The Hall–Kier alpha value is -2.27. The number of morpholine rings is 1. The molecule has 2 N–H and O–H groups in total. The molecule has 0 bridgehead atoms. The predicted molar refractivity (Wildman–Crippen MR) is 100 cm³/mol. The summed E-state index contributed by atoms with van der Waals surface area (Å²) in [6, 6.07) is 6.78. The van der Waals surface area contributed by atoms with Gasteiger partial charge >= 0.3 is 0 Å². The first-order chi connectivity index (χ1) is 12.6. The third-order valence-electron chi connectivity index (χ3n) is 3.92. The van der Waals surface area contributed by atoms with Crippen molar-refractivity contribution >= 4 is 23.2 Å². The van der Waals surface area contributed by atoms with Crippen molar-refractivity contribution < 1.29 is 14.3 Å². The number of carbonyl (C=O) groups excluding carboxylic acids is 1. The number of carbonyl (C=O) groups is 1. The zero-order valence-electron chi connectivity index (χ0n) is 14.8. The summed E-state index contributed by atoms with van der Waals surface area (Å²) in [5, 5.41) is 15.2. The van der Waals surface area contributed by atoms with Crippen LogP contribution in [-0.4, -0.2) is 57.3 Å². The highest BCUT2D eigenvalue weighted by Crippen LogP contribution is 2.27. The van der Waals surface area contributed by atoms with Crippen LogP contribution in [0, 0.1) is 11.3 Å². The molecule has 0 aliphatic carbocycles. The number of anilines is 1. The van der Waals surface area contributed by atoms with Gasteiger partial charge in [0.25, 0.3) is 5.91 Å². The van der Waals surface area contributed by atoms with Crippen LogP contribution in [0.4, 0.5) is 5.69 Å². The molecule has 0 radical (unpaired) electrons. The molecule has 140 valence electrons. The maximum absolute atomic E-state index is 12.2. The van der Waals surface area contributed by atoms with Gasteiger partial charge in [-0.3, -0.25) is 9.69 Å². The average Bonchev–Trinajstić information content (AvgIpc) is 2.65. The van der Waals surface area contributed by atoms with E-state index in [1.807, 2.05) is 6.07 Å². The van der Waals surface area contributed by atoms with Crippen LogP contribution in [0.15, 0.2) is 30.0 Å². The molecule has 0 unspecified atom stereocenters. The van der Waals surface area contributed by atoms with Crippen molar-refractivity contribution in [1.82, 2.24) is 10.2 Å². The van der Waals surface area contributed by atoms with Crippen molar-refractivity contribution in [3.05, 3.63) is 35.0 Å². The standard InChI is InChI=1S/C18H23ClN4O3/c1-25-17-4-3-15(11-16(17)19)22-18(24)14(12-20)13-21-5-2-6-23-7-9-26-10-8-23/h3-4,11,13,21H,2,5-10H2,1H3,(H,22,24)/b14-13-. The normalized spacial score (nSPS) is 15.2. The summed E-state index contributed by atoms with van der Waals surface area (Å²) in [6.45, 7) is 5.11. The van der Waals surface area contributed by atoms with Gasteiger partial charge in [0.2, 0.25) is 0 Å². The lowest BCUT2D eigenvalue weighted by atomic mass is 10.2. The highest BCUT2D eigenvalue weighted by Gasteiger charge is 2.11. The minimum absolute atomic E-state index is 0.00307. The van der Waals surface area contributed by atoms with E-state index in [1.165, 1.54) is 13.3 Å². The third-order valence-corrected chi connectivity index (χ3v) is 4.22. The molecule has 1 amide bonds. The Morgan fingerprint density at radius 2 is 2.23 bits per heavy atom. The highest BCUT2D eigenvalue weighted by atomic mass is 35.5. The van der Waals surface area contributed by atoms with Crippen LogP contribution in [0.25, 0.3) is 0 Å². The van der Waals surface area contributed by atoms with Gasteiger partial charge in [-0.05, 0) is 31.2 Å². The number of hydrogen-bond donors (Lipinski definition) is 2. The maximum atomic E-state index is 12.2. The molecular weight excluding hydrogens is 356 g/mol. The van der Waals surface area contributed by atoms with Crippen molar-refractivity contribution in [2.75, 3.05) is 51.8 Å². The Labute approximate surface area is 158 Å². The lowest BCUT2D eigenvalue weighted by molar-refractivity contribution is -0.112. The van der Waals surface area contributed by atoms with E-state index in [-0.39, 0.29) is 5.57 Å². The lowest BCUT2D eigenvalue weighted by Crippen LogP contribution is -2.37. The third kappa shape index (κ3) is 6.23. The zero-order chi connectivity index (χ0) is 18.8. The van der Waals surface area contributed by atoms with Gasteiger partial charge in [-0.25, -0.2) is 0 Å². The molecule has 1 fully saturated rings. The molecule has 1 saturated heterocycles. The predicted octanol–water partition coefficient (Wildman–Crippen LogP) is 2.01. The second-order valence-corrected chi connectivity index (χ2v) is 6.14. The van der Waals surface area contributed by atoms with Crippen LogP contribution in [0.5, 0.6) is 5.75 Å². The molecular formula is C18H23ClN4O3. The smallest absolute Gasteiger partial charge is 0.267 e. The van der Waals surface area contributed by atoms with Gasteiger partial charge in [0.1, 0.15) is 17.4 Å². The fourth-order valence-corrected chi connectivity index (χ4v) is 2.75. The number of benzene rings is 1. The quantitative estimate of drug-likeness (QED) is 0.409. The number of methoxy groups -OCH3 is 1. The van der Waals surface area contributed by atoms with Crippen LogP contribution in [0.3, 0.4) is 0 Å². The molecule has 2 rings (SSSR count). The number of rotatable bonds is 8. The van der Waals surface area contributed by atoms with Gasteiger partial charge in [-0.15, -0.1) is 0 Å². The molecule has 7 nitrogen and oxygen atoms in total.